The standard InChI is InChI=1S/C18H18N4O2/c23-18(16-17(24-11-21-16)12-5-7-19-8-6-12)22-14-9-13-3-1-2-4-15(13)20-10-14/h1-4,9-12,19H,5-8H2,(H,22,23). The lowest BCUT2D eigenvalue weighted by molar-refractivity contribution is 0.102. The van der Waals surface area contributed by atoms with E-state index in [1.807, 2.05) is 30.3 Å². The highest BCUT2D eigenvalue weighted by Gasteiger charge is 2.26. The van der Waals surface area contributed by atoms with E-state index in [1.54, 1.807) is 6.20 Å². The molecule has 1 aliphatic rings. The van der Waals surface area contributed by atoms with Crippen LogP contribution in [0.4, 0.5) is 5.69 Å². The van der Waals surface area contributed by atoms with Gasteiger partial charge in [0.25, 0.3) is 5.91 Å². The number of carbonyl (C=O) groups excluding carboxylic acids is 1. The average molecular weight is 322 g/mol. The first-order valence-electron chi connectivity index (χ1n) is 8.11. The van der Waals surface area contributed by atoms with Crippen LogP contribution in [0.3, 0.4) is 0 Å². The Hall–Kier alpha value is -2.73. The van der Waals surface area contributed by atoms with Crippen LogP contribution in [-0.2, 0) is 0 Å². The third-order valence-corrected chi connectivity index (χ3v) is 4.37. The Morgan fingerprint density at radius 3 is 2.92 bits per heavy atom. The number of fused-ring (bicyclic) bond motifs is 1. The van der Waals surface area contributed by atoms with Gasteiger partial charge in [0.05, 0.1) is 17.4 Å². The highest BCUT2D eigenvalue weighted by molar-refractivity contribution is 6.04. The Morgan fingerprint density at radius 2 is 2.04 bits per heavy atom. The van der Waals surface area contributed by atoms with E-state index in [-0.39, 0.29) is 11.8 Å². The van der Waals surface area contributed by atoms with Crippen molar-refractivity contribution in [3.05, 3.63) is 54.4 Å². The predicted octanol–water partition coefficient (Wildman–Crippen LogP) is 2.94. The summed E-state index contributed by atoms with van der Waals surface area (Å²) in [7, 11) is 0. The third kappa shape index (κ3) is 2.88. The first-order valence-corrected chi connectivity index (χ1v) is 8.11. The van der Waals surface area contributed by atoms with Crippen LogP contribution in [0.2, 0.25) is 0 Å². The highest BCUT2D eigenvalue weighted by atomic mass is 16.3. The molecule has 1 saturated heterocycles. The van der Waals surface area contributed by atoms with Crippen molar-refractivity contribution in [3.8, 4) is 0 Å². The number of piperidine rings is 1. The number of carbonyl (C=O) groups is 1. The minimum Gasteiger partial charge on any atom is -0.447 e. The van der Waals surface area contributed by atoms with Crippen molar-refractivity contribution in [1.29, 1.82) is 0 Å². The Kier molecular flexibility index (Phi) is 3.96. The van der Waals surface area contributed by atoms with E-state index in [2.05, 4.69) is 20.6 Å². The molecule has 0 bridgehead atoms. The second-order valence-corrected chi connectivity index (χ2v) is 5.96. The average Bonchev–Trinajstić information content (AvgIpc) is 3.12. The summed E-state index contributed by atoms with van der Waals surface area (Å²) in [6.45, 7) is 1.86. The summed E-state index contributed by atoms with van der Waals surface area (Å²) in [5, 5.41) is 7.17. The van der Waals surface area contributed by atoms with Gasteiger partial charge < -0.3 is 15.1 Å². The van der Waals surface area contributed by atoms with Crippen molar-refractivity contribution < 1.29 is 9.21 Å². The van der Waals surface area contributed by atoms with E-state index in [4.69, 9.17) is 4.42 Å². The van der Waals surface area contributed by atoms with Crippen molar-refractivity contribution in [3.63, 3.8) is 0 Å². The molecular formula is C18H18N4O2. The van der Waals surface area contributed by atoms with Crippen LogP contribution in [0.25, 0.3) is 10.9 Å². The summed E-state index contributed by atoms with van der Waals surface area (Å²) in [6, 6.07) is 9.70. The Bertz CT molecular complexity index is 868. The van der Waals surface area contributed by atoms with Gasteiger partial charge in [-0.15, -0.1) is 0 Å². The highest BCUT2D eigenvalue weighted by Crippen LogP contribution is 2.28. The minimum atomic E-state index is -0.255. The van der Waals surface area contributed by atoms with Crippen molar-refractivity contribution in [2.24, 2.45) is 0 Å². The zero-order valence-electron chi connectivity index (χ0n) is 13.2. The van der Waals surface area contributed by atoms with Gasteiger partial charge in [0.1, 0.15) is 5.76 Å². The van der Waals surface area contributed by atoms with Gasteiger partial charge in [-0.2, -0.15) is 0 Å². The lowest BCUT2D eigenvalue weighted by atomic mass is 9.94. The van der Waals surface area contributed by atoms with Gasteiger partial charge in [0, 0.05) is 11.3 Å². The number of amides is 1. The molecule has 3 heterocycles. The number of pyridine rings is 1. The molecule has 4 rings (SSSR count). The molecule has 0 saturated carbocycles. The molecule has 1 amide bonds. The Morgan fingerprint density at radius 1 is 1.21 bits per heavy atom. The molecule has 1 aliphatic heterocycles. The lowest BCUT2D eigenvalue weighted by Crippen LogP contribution is -2.27. The third-order valence-electron chi connectivity index (χ3n) is 4.37. The van der Waals surface area contributed by atoms with Gasteiger partial charge in [-0.05, 0) is 38.1 Å². The smallest absolute Gasteiger partial charge is 0.277 e. The first kappa shape index (κ1) is 14.8. The monoisotopic (exact) mass is 322 g/mol. The molecule has 1 aromatic carbocycles. The topological polar surface area (TPSA) is 80.1 Å². The quantitative estimate of drug-likeness (QED) is 0.775. The van der Waals surface area contributed by atoms with Crippen LogP contribution < -0.4 is 10.6 Å². The number of anilines is 1. The van der Waals surface area contributed by atoms with Crippen LogP contribution in [0.1, 0.15) is 35.0 Å². The van der Waals surface area contributed by atoms with Gasteiger partial charge in [0.15, 0.2) is 12.1 Å². The molecule has 6 nitrogen and oxygen atoms in total. The number of rotatable bonds is 3. The van der Waals surface area contributed by atoms with Gasteiger partial charge in [0.2, 0.25) is 0 Å². The van der Waals surface area contributed by atoms with Crippen molar-refractivity contribution in [2.75, 3.05) is 18.4 Å². The fraction of sp³-hybridized carbons (Fsp3) is 0.278. The molecule has 0 aliphatic carbocycles. The zero-order valence-corrected chi connectivity index (χ0v) is 13.2. The molecule has 0 unspecified atom stereocenters. The summed E-state index contributed by atoms with van der Waals surface area (Å²) >= 11 is 0. The van der Waals surface area contributed by atoms with E-state index < -0.39 is 0 Å². The number of benzene rings is 1. The van der Waals surface area contributed by atoms with Crippen LogP contribution in [0, 0.1) is 0 Å². The van der Waals surface area contributed by atoms with E-state index in [0.717, 1.165) is 36.8 Å². The molecule has 2 aromatic heterocycles. The molecule has 6 heteroatoms. The second kappa shape index (κ2) is 6.41. The fourth-order valence-electron chi connectivity index (χ4n) is 3.13. The minimum absolute atomic E-state index is 0.240. The van der Waals surface area contributed by atoms with Crippen LogP contribution in [0.5, 0.6) is 0 Å². The molecule has 3 aromatic rings. The maximum Gasteiger partial charge on any atom is 0.277 e. The second-order valence-electron chi connectivity index (χ2n) is 5.96. The van der Waals surface area contributed by atoms with Gasteiger partial charge >= 0.3 is 0 Å². The van der Waals surface area contributed by atoms with Crippen LogP contribution >= 0.6 is 0 Å². The Labute approximate surface area is 139 Å². The summed E-state index contributed by atoms with van der Waals surface area (Å²) in [5.74, 6) is 0.668. The molecule has 0 atom stereocenters. The van der Waals surface area contributed by atoms with Crippen molar-refractivity contribution in [2.45, 2.75) is 18.8 Å². The lowest BCUT2D eigenvalue weighted by Gasteiger charge is -2.21. The SMILES string of the molecule is O=C(Nc1cnc2ccccc2c1)c1ncoc1C1CCNCC1. The number of para-hydroxylation sites is 1. The molecule has 0 radical (unpaired) electrons. The van der Waals surface area contributed by atoms with Gasteiger partial charge in [-0.1, -0.05) is 18.2 Å². The number of hydrogen-bond acceptors (Lipinski definition) is 5. The predicted molar refractivity (Wildman–Crippen MR) is 91.0 cm³/mol. The molecule has 2 N–H and O–H groups in total. The normalized spacial score (nSPS) is 15.5. The van der Waals surface area contributed by atoms with E-state index in [0.29, 0.717) is 17.1 Å². The summed E-state index contributed by atoms with van der Waals surface area (Å²) in [6.07, 6.45) is 4.91. The van der Waals surface area contributed by atoms with Crippen molar-refractivity contribution >= 4 is 22.5 Å². The van der Waals surface area contributed by atoms with Gasteiger partial charge in [-0.25, -0.2) is 4.98 Å². The summed E-state index contributed by atoms with van der Waals surface area (Å²) in [4.78, 5) is 21.1. The molecule has 0 spiro atoms. The van der Waals surface area contributed by atoms with E-state index in [1.165, 1.54) is 6.39 Å². The van der Waals surface area contributed by atoms with E-state index in [9.17, 15) is 4.79 Å². The molecule has 24 heavy (non-hydrogen) atoms. The van der Waals surface area contributed by atoms with Crippen molar-refractivity contribution in [1.82, 2.24) is 15.3 Å². The van der Waals surface area contributed by atoms with Gasteiger partial charge in [-0.3, -0.25) is 9.78 Å². The molecule has 1 fully saturated rings. The number of nitrogens with zero attached hydrogens (tertiary/aromatic N) is 2. The molecule has 122 valence electrons. The summed E-state index contributed by atoms with van der Waals surface area (Å²) in [5.41, 5.74) is 1.92. The largest absolute Gasteiger partial charge is 0.447 e. The van der Waals surface area contributed by atoms with Crippen LogP contribution in [0.15, 0.2) is 47.3 Å². The molecular weight excluding hydrogens is 304 g/mol. The summed E-state index contributed by atoms with van der Waals surface area (Å²) < 4.78 is 5.52. The maximum atomic E-state index is 12.6. The number of oxazole rings is 1. The zero-order chi connectivity index (χ0) is 16.4. The Balaban J connectivity index is 1.56. The number of aromatic nitrogens is 2. The van der Waals surface area contributed by atoms with E-state index >= 15 is 0 Å². The number of nitrogens with one attached hydrogen (secondary N) is 2. The van der Waals surface area contributed by atoms with Crippen LogP contribution in [-0.4, -0.2) is 29.0 Å². The number of hydrogen-bond donors (Lipinski definition) is 2. The maximum absolute atomic E-state index is 12.6. The fourth-order valence-corrected chi connectivity index (χ4v) is 3.13. The first-order chi connectivity index (χ1) is 11.8.